The largest absolute Gasteiger partial charge is 0.494 e. The summed E-state index contributed by atoms with van der Waals surface area (Å²) in [5.41, 5.74) is 7.37. The van der Waals surface area contributed by atoms with Gasteiger partial charge in [-0.25, -0.2) is 0 Å². The molecule has 0 saturated heterocycles. The van der Waals surface area contributed by atoms with Gasteiger partial charge in [-0.3, -0.25) is 0 Å². The van der Waals surface area contributed by atoms with Crippen LogP contribution < -0.4 is 10.5 Å². The first kappa shape index (κ1) is 13.6. The molecule has 1 aromatic heterocycles. The Morgan fingerprint density at radius 3 is 2.72 bits per heavy atom. The van der Waals surface area contributed by atoms with Gasteiger partial charge < -0.3 is 10.5 Å². The lowest BCUT2D eigenvalue weighted by molar-refractivity contribution is 0.335. The summed E-state index contributed by atoms with van der Waals surface area (Å²) in [5.74, 6) is 0.870. The maximum Gasteiger partial charge on any atom is 0.124 e. The van der Waals surface area contributed by atoms with Crippen molar-refractivity contribution in [1.82, 2.24) is 0 Å². The fourth-order valence-corrected chi connectivity index (χ4v) is 3.39. The van der Waals surface area contributed by atoms with Gasteiger partial charge in [0.25, 0.3) is 0 Å². The monoisotopic (exact) mass is 325 g/mol. The highest BCUT2D eigenvalue weighted by atomic mass is 79.9. The van der Waals surface area contributed by atoms with Crippen LogP contribution in [0.25, 0.3) is 0 Å². The summed E-state index contributed by atoms with van der Waals surface area (Å²) in [6, 6.07) is 9.91. The smallest absolute Gasteiger partial charge is 0.124 e. The van der Waals surface area contributed by atoms with Gasteiger partial charge in [-0.2, -0.15) is 0 Å². The molecule has 1 atom stereocenters. The molecule has 0 aliphatic rings. The third-order valence-corrected chi connectivity index (χ3v) is 4.96. The second kappa shape index (κ2) is 5.87. The summed E-state index contributed by atoms with van der Waals surface area (Å²) in [6.07, 6.45) is 0. The molecule has 0 aliphatic carbocycles. The van der Waals surface area contributed by atoms with Crippen LogP contribution in [0, 0.1) is 6.92 Å². The van der Waals surface area contributed by atoms with Gasteiger partial charge in [0.1, 0.15) is 5.75 Å². The summed E-state index contributed by atoms with van der Waals surface area (Å²) in [6.45, 7) is 4.71. The number of aryl methyl sites for hydroxylation is 1. The second-order valence-electron chi connectivity index (χ2n) is 4.00. The van der Waals surface area contributed by atoms with E-state index in [1.165, 1.54) is 4.88 Å². The van der Waals surface area contributed by atoms with E-state index in [1.807, 2.05) is 31.2 Å². The molecule has 2 nitrogen and oxygen atoms in total. The van der Waals surface area contributed by atoms with Crippen molar-refractivity contribution in [1.29, 1.82) is 0 Å². The standard InChI is InChI=1S/C14H16BrNOS/c1-3-17-12-7-5-4-6-10(12)14(16)13-8-11(15)9(2)18-13/h4-8,14H,3,16H2,1-2H3. The van der Waals surface area contributed by atoms with Crippen LogP contribution in [0.4, 0.5) is 0 Å². The van der Waals surface area contributed by atoms with E-state index in [9.17, 15) is 0 Å². The Morgan fingerprint density at radius 2 is 2.11 bits per heavy atom. The highest BCUT2D eigenvalue weighted by Gasteiger charge is 2.16. The number of thiophene rings is 1. The quantitative estimate of drug-likeness (QED) is 0.911. The average Bonchev–Trinajstić information content (AvgIpc) is 2.70. The molecule has 0 saturated carbocycles. The van der Waals surface area contributed by atoms with Crippen LogP contribution in [0.1, 0.15) is 28.3 Å². The molecule has 1 unspecified atom stereocenters. The van der Waals surface area contributed by atoms with Crippen molar-refractivity contribution in [2.75, 3.05) is 6.61 Å². The Balaban J connectivity index is 2.36. The Hall–Kier alpha value is -0.840. The first-order valence-electron chi connectivity index (χ1n) is 5.86. The van der Waals surface area contributed by atoms with Crippen molar-refractivity contribution in [3.8, 4) is 5.75 Å². The SMILES string of the molecule is CCOc1ccccc1C(N)c1cc(Br)c(C)s1. The molecule has 4 heteroatoms. The fraction of sp³-hybridized carbons (Fsp3) is 0.286. The summed E-state index contributed by atoms with van der Waals surface area (Å²) < 4.78 is 6.75. The van der Waals surface area contributed by atoms with E-state index in [0.717, 1.165) is 20.7 Å². The number of hydrogen-bond donors (Lipinski definition) is 1. The molecule has 2 N–H and O–H groups in total. The van der Waals surface area contributed by atoms with Gasteiger partial charge in [0.15, 0.2) is 0 Å². The predicted octanol–water partition coefficient (Wildman–Crippen LogP) is 4.27. The van der Waals surface area contributed by atoms with Gasteiger partial charge in [0.05, 0.1) is 12.6 Å². The maximum absolute atomic E-state index is 6.34. The molecular formula is C14H16BrNOS. The lowest BCUT2D eigenvalue weighted by atomic mass is 10.1. The highest BCUT2D eigenvalue weighted by molar-refractivity contribution is 9.10. The van der Waals surface area contributed by atoms with Crippen LogP contribution in [0.5, 0.6) is 5.75 Å². The summed E-state index contributed by atoms with van der Waals surface area (Å²) in [5, 5.41) is 0. The van der Waals surface area contributed by atoms with Gasteiger partial charge in [0.2, 0.25) is 0 Å². The Bertz CT molecular complexity index is 519. The van der Waals surface area contributed by atoms with Crippen LogP contribution in [0.3, 0.4) is 0 Å². The van der Waals surface area contributed by atoms with E-state index in [0.29, 0.717) is 6.61 Å². The molecule has 1 heterocycles. The summed E-state index contributed by atoms with van der Waals surface area (Å²) >= 11 is 5.25. The van der Waals surface area contributed by atoms with Crippen LogP contribution in [-0.2, 0) is 0 Å². The van der Waals surface area contributed by atoms with E-state index >= 15 is 0 Å². The lowest BCUT2D eigenvalue weighted by Gasteiger charge is -2.15. The van der Waals surface area contributed by atoms with Crippen molar-refractivity contribution < 1.29 is 4.74 Å². The minimum atomic E-state index is -0.136. The third-order valence-electron chi connectivity index (χ3n) is 2.74. The Labute approximate surface area is 120 Å². The van der Waals surface area contributed by atoms with Gasteiger partial charge in [-0.05, 0) is 41.9 Å². The molecular weight excluding hydrogens is 310 g/mol. The highest BCUT2D eigenvalue weighted by Crippen LogP contribution is 2.35. The van der Waals surface area contributed by atoms with Gasteiger partial charge in [0, 0.05) is 19.8 Å². The molecule has 0 spiro atoms. The van der Waals surface area contributed by atoms with Crippen molar-refractivity contribution in [2.24, 2.45) is 5.73 Å². The molecule has 0 aliphatic heterocycles. The zero-order valence-corrected chi connectivity index (χ0v) is 12.8. The molecule has 2 aromatic rings. The van der Waals surface area contributed by atoms with Gasteiger partial charge in [-0.15, -0.1) is 11.3 Å². The van der Waals surface area contributed by atoms with E-state index < -0.39 is 0 Å². The molecule has 0 amide bonds. The molecule has 0 radical (unpaired) electrons. The van der Waals surface area contributed by atoms with E-state index in [1.54, 1.807) is 11.3 Å². The van der Waals surface area contributed by atoms with Crippen molar-refractivity contribution in [2.45, 2.75) is 19.9 Å². The molecule has 18 heavy (non-hydrogen) atoms. The zero-order chi connectivity index (χ0) is 13.1. The first-order valence-corrected chi connectivity index (χ1v) is 7.47. The first-order chi connectivity index (χ1) is 8.63. The van der Waals surface area contributed by atoms with Gasteiger partial charge >= 0.3 is 0 Å². The van der Waals surface area contributed by atoms with Crippen molar-refractivity contribution in [3.63, 3.8) is 0 Å². The number of para-hydroxylation sites is 1. The number of nitrogens with two attached hydrogens (primary N) is 1. The summed E-state index contributed by atoms with van der Waals surface area (Å²) in [7, 11) is 0. The molecule has 1 aromatic carbocycles. The maximum atomic E-state index is 6.34. The van der Waals surface area contributed by atoms with Crippen molar-refractivity contribution >= 4 is 27.3 Å². The van der Waals surface area contributed by atoms with Crippen LogP contribution in [-0.4, -0.2) is 6.61 Å². The fourth-order valence-electron chi connectivity index (χ4n) is 1.81. The number of benzene rings is 1. The second-order valence-corrected chi connectivity index (χ2v) is 6.14. The minimum Gasteiger partial charge on any atom is -0.494 e. The van der Waals surface area contributed by atoms with Crippen LogP contribution in [0.2, 0.25) is 0 Å². The summed E-state index contributed by atoms with van der Waals surface area (Å²) in [4.78, 5) is 2.39. The van der Waals surface area contributed by atoms with Crippen LogP contribution >= 0.6 is 27.3 Å². The molecule has 2 rings (SSSR count). The van der Waals surface area contributed by atoms with Crippen LogP contribution in [0.15, 0.2) is 34.8 Å². The van der Waals surface area contributed by atoms with E-state index in [4.69, 9.17) is 10.5 Å². The predicted molar refractivity (Wildman–Crippen MR) is 80.4 cm³/mol. The Morgan fingerprint density at radius 1 is 1.39 bits per heavy atom. The van der Waals surface area contributed by atoms with Crippen molar-refractivity contribution in [3.05, 3.63) is 50.1 Å². The van der Waals surface area contributed by atoms with Gasteiger partial charge in [-0.1, -0.05) is 18.2 Å². The molecule has 0 fully saturated rings. The number of rotatable bonds is 4. The topological polar surface area (TPSA) is 35.2 Å². The zero-order valence-electron chi connectivity index (χ0n) is 10.4. The molecule has 0 bridgehead atoms. The van der Waals surface area contributed by atoms with E-state index in [2.05, 4.69) is 28.9 Å². The minimum absolute atomic E-state index is 0.136. The third kappa shape index (κ3) is 2.76. The number of ether oxygens (including phenoxy) is 1. The number of halogens is 1. The molecule has 96 valence electrons. The average molecular weight is 326 g/mol. The normalized spacial score (nSPS) is 12.4. The van der Waals surface area contributed by atoms with E-state index in [-0.39, 0.29) is 6.04 Å². The Kier molecular flexibility index (Phi) is 4.43. The number of hydrogen-bond acceptors (Lipinski definition) is 3. The lowest BCUT2D eigenvalue weighted by Crippen LogP contribution is -2.12.